The standard InChI is InChI=1S/C21H22N8OS2/c1-14(10-15-6-4-3-5-7-15)31-20-16(11-18(30)26-17-8-9-29(2)28-17)25-19(12-22-20)32-21-23-13-24-27-21/h3-9,12-14H,10-11H2,1-2H3,(H,23,24,27)(H,26,28,30)/t14-/m0/s1. The molecule has 3 heterocycles. The van der Waals surface area contributed by atoms with Crippen molar-refractivity contribution in [2.24, 2.45) is 7.05 Å². The first kappa shape index (κ1) is 22.0. The van der Waals surface area contributed by atoms with E-state index >= 15 is 0 Å². The highest BCUT2D eigenvalue weighted by molar-refractivity contribution is 8.00. The maximum atomic E-state index is 12.7. The van der Waals surface area contributed by atoms with Gasteiger partial charge in [0, 0.05) is 24.6 Å². The zero-order valence-electron chi connectivity index (χ0n) is 17.6. The second-order valence-corrected chi connectivity index (χ2v) is 9.51. The second-order valence-electron chi connectivity index (χ2n) is 7.07. The number of H-pyrrole nitrogens is 1. The Kier molecular flexibility index (Phi) is 7.17. The Morgan fingerprint density at radius 3 is 2.78 bits per heavy atom. The zero-order chi connectivity index (χ0) is 22.3. The molecule has 1 atom stereocenters. The Labute approximate surface area is 193 Å². The first-order valence-corrected chi connectivity index (χ1v) is 11.6. The van der Waals surface area contributed by atoms with Crippen molar-refractivity contribution in [1.29, 1.82) is 0 Å². The van der Waals surface area contributed by atoms with Crippen molar-refractivity contribution >= 4 is 35.2 Å². The first-order valence-electron chi connectivity index (χ1n) is 9.94. The molecule has 0 bridgehead atoms. The van der Waals surface area contributed by atoms with E-state index in [4.69, 9.17) is 4.98 Å². The van der Waals surface area contributed by atoms with Crippen LogP contribution in [0.2, 0.25) is 0 Å². The van der Waals surface area contributed by atoms with Crippen molar-refractivity contribution in [3.63, 3.8) is 0 Å². The number of thioether (sulfide) groups is 1. The molecule has 1 amide bonds. The number of hydrogen-bond donors (Lipinski definition) is 2. The van der Waals surface area contributed by atoms with Gasteiger partial charge in [0.25, 0.3) is 0 Å². The maximum absolute atomic E-state index is 12.7. The highest BCUT2D eigenvalue weighted by atomic mass is 32.2. The van der Waals surface area contributed by atoms with Gasteiger partial charge in [-0.25, -0.2) is 15.0 Å². The fourth-order valence-electron chi connectivity index (χ4n) is 3.00. The largest absolute Gasteiger partial charge is 0.309 e. The lowest BCUT2D eigenvalue weighted by Crippen LogP contribution is -2.17. The Morgan fingerprint density at radius 2 is 2.06 bits per heavy atom. The van der Waals surface area contributed by atoms with Gasteiger partial charge >= 0.3 is 0 Å². The Bertz CT molecular complexity index is 1160. The molecule has 0 aliphatic carbocycles. The third kappa shape index (κ3) is 6.17. The van der Waals surface area contributed by atoms with Crippen LogP contribution in [0.5, 0.6) is 0 Å². The number of carbonyl (C=O) groups is 1. The summed E-state index contributed by atoms with van der Waals surface area (Å²) in [5, 5.41) is 15.9. The minimum Gasteiger partial charge on any atom is -0.309 e. The molecule has 0 unspecified atom stereocenters. The number of anilines is 1. The molecule has 0 saturated heterocycles. The molecule has 0 aliphatic rings. The van der Waals surface area contributed by atoms with Crippen molar-refractivity contribution < 1.29 is 4.79 Å². The number of aryl methyl sites for hydroxylation is 1. The molecule has 0 spiro atoms. The molecule has 1 aromatic carbocycles. The molecule has 0 aliphatic heterocycles. The average molecular weight is 467 g/mol. The fraction of sp³-hybridized carbons (Fsp3) is 0.238. The summed E-state index contributed by atoms with van der Waals surface area (Å²) < 4.78 is 1.64. The smallest absolute Gasteiger partial charge is 0.231 e. The molecule has 9 nitrogen and oxygen atoms in total. The van der Waals surface area contributed by atoms with Gasteiger partial charge in [0.1, 0.15) is 16.4 Å². The minimum atomic E-state index is -0.197. The van der Waals surface area contributed by atoms with Crippen LogP contribution in [-0.4, -0.2) is 46.1 Å². The maximum Gasteiger partial charge on any atom is 0.231 e. The van der Waals surface area contributed by atoms with Crippen molar-refractivity contribution in [1.82, 2.24) is 34.9 Å². The van der Waals surface area contributed by atoms with Crippen LogP contribution in [0.3, 0.4) is 0 Å². The number of nitrogens with zero attached hydrogens (tertiary/aromatic N) is 6. The number of aromatic nitrogens is 7. The van der Waals surface area contributed by atoms with Gasteiger partial charge in [0.15, 0.2) is 11.0 Å². The predicted molar refractivity (Wildman–Crippen MR) is 124 cm³/mol. The lowest BCUT2D eigenvalue weighted by atomic mass is 10.1. The Morgan fingerprint density at radius 1 is 1.22 bits per heavy atom. The van der Waals surface area contributed by atoms with Gasteiger partial charge < -0.3 is 5.32 Å². The number of rotatable bonds is 9. The van der Waals surface area contributed by atoms with Crippen molar-refractivity contribution in [3.8, 4) is 0 Å². The molecule has 11 heteroatoms. The lowest BCUT2D eigenvalue weighted by Gasteiger charge is -2.14. The van der Waals surface area contributed by atoms with Crippen LogP contribution in [0.15, 0.2) is 70.3 Å². The molecular weight excluding hydrogens is 444 g/mol. The van der Waals surface area contributed by atoms with Gasteiger partial charge in [-0.15, -0.1) is 11.8 Å². The van der Waals surface area contributed by atoms with E-state index in [1.807, 2.05) is 18.2 Å². The summed E-state index contributed by atoms with van der Waals surface area (Å²) in [4.78, 5) is 26.1. The molecule has 3 aromatic heterocycles. The third-order valence-electron chi connectivity index (χ3n) is 4.37. The first-order chi connectivity index (χ1) is 15.5. The van der Waals surface area contributed by atoms with E-state index in [9.17, 15) is 4.79 Å². The predicted octanol–water partition coefficient (Wildman–Crippen LogP) is 3.38. The van der Waals surface area contributed by atoms with E-state index in [2.05, 4.69) is 49.6 Å². The van der Waals surface area contributed by atoms with Crippen LogP contribution in [0.1, 0.15) is 18.2 Å². The van der Waals surface area contributed by atoms with Crippen LogP contribution in [-0.2, 0) is 24.7 Å². The van der Waals surface area contributed by atoms with Crippen LogP contribution < -0.4 is 5.32 Å². The lowest BCUT2D eigenvalue weighted by molar-refractivity contribution is -0.115. The summed E-state index contributed by atoms with van der Waals surface area (Å²) in [6.07, 6.45) is 5.89. The molecule has 164 valence electrons. The van der Waals surface area contributed by atoms with E-state index in [0.717, 1.165) is 11.4 Å². The van der Waals surface area contributed by atoms with Gasteiger partial charge in [-0.3, -0.25) is 14.6 Å². The summed E-state index contributed by atoms with van der Waals surface area (Å²) >= 11 is 2.93. The van der Waals surface area contributed by atoms with Crippen LogP contribution in [0.4, 0.5) is 5.82 Å². The van der Waals surface area contributed by atoms with E-state index in [0.29, 0.717) is 21.7 Å². The van der Waals surface area contributed by atoms with Crippen molar-refractivity contribution in [2.45, 2.75) is 40.2 Å². The molecule has 4 aromatic rings. The van der Waals surface area contributed by atoms with E-state index < -0.39 is 0 Å². The van der Waals surface area contributed by atoms with Crippen LogP contribution in [0, 0.1) is 0 Å². The monoisotopic (exact) mass is 466 g/mol. The van der Waals surface area contributed by atoms with Gasteiger partial charge in [-0.1, -0.05) is 37.3 Å². The quantitative estimate of drug-likeness (QED) is 0.361. The van der Waals surface area contributed by atoms with Gasteiger partial charge in [-0.2, -0.15) is 10.2 Å². The van der Waals surface area contributed by atoms with Gasteiger partial charge in [-0.05, 0) is 23.7 Å². The summed E-state index contributed by atoms with van der Waals surface area (Å²) in [6, 6.07) is 12.1. The molecular formula is C21H22N8OS2. The van der Waals surface area contributed by atoms with E-state index in [-0.39, 0.29) is 17.6 Å². The normalized spacial score (nSPS) is 11.9. The molecule has 0 saturated carbocycles. The molecule has 0 radical (unpaired) electrons. The zero-order valence-corrected chi connectivity index (χ0v) is 19.2. The molecule has 2 N–H and O–H groups in total. The number of amides is 1. The topological polar surface area (TPSA) is 114 Å². The Balaban J connectivity index is 1.51. The molecule has 4 rings (SSSR count). The fourth-order valence-corrected chi connectivity index (χ4v) is 4.68. The highest BCUT2D eigenvalue weighted by Gasteiger charge is 2.17. The second kappa shape index (κ2) is 10.4. The summed E-state index contributed by atoms with van der Waals surface area (Å²) in [5.41, 5.74) is 1.88. The highest BCUT2D eigenvalue weighted by Crippen LogP contribution is 2.29. The van der Waals surface area contributed by atoms with Crippen LogP contribution >= 0.6 is 23.5 Å². The number of benzene rings is 1. The van der Waals surface area contributed by atoms with Crippen LogP contribution in [0.25, 0.3) is 0 Å². The number of aromatic amines is 1. The van der Waals surface area contributed by atoms with Gasteiger partial charge in [0.05, 0.1) is 18.3 Å². The van der Waals surface area contributed by atoms with E-state index in [1.54, 1.807) is 42.0 Å². The van der Waals surface area contributed by atoms with Crippen molar-refractivity contribution in [2.75, 3.05) is 5.32 Å². The number of carbonyl (C=O) groups excluding carboxylic acids is 1. The SMILES string of the molecule is C[C@@H](Cc1ccccc1)Sc1ncc(Sc2ncn[nH]2)nc1CC(=O)Nc1ccn(C)n1. The Hall–Kier alpha value is -3.18. The average Bonchev–Trinajstić information content (AvgIpc) is 3.42. The molecule has 32 heavy (non-hydrogen) atoms. The summed E-state index contributed by atoms with van der Waals surface area (Å²) in [5.74, 6) is 0.307. The third-order valence-corrected chi connectivity index (χ3v) is 6.30. The summed E-state index contributed by atoms with van der Waals surface area (Å²) in [6.45, 7) is 2.15. The van der Waals surface area contributed by atoms with E-state index in [1.165, 1.54) is 23.7 Å². The molecule has 0 fully saturated rings. The summed E-state index contributed by atoms with van der Waals surface area (Å²) in [7, 11) is 1.80. The van der Waals surface area contributed by atoms with Crippen molar-refractivity contribution in [3.05, 3.63) is 66.4 Å². The number of hydrogen-bond acceptors (Lipinski definition) is 8. The number of nitrogens with one attached hydrogen (secondary N) is 2. The van der Waals surface area contributed by atoms with Gasteiger partial charge in [0.2, 0.25) is 5.91 Å². The minimum absolute atomic E-state index is 0.0920.